The summed E-state index contributed by atoms with van der Waals surface area (Å²) in [6, 6.07) is 9.05. The Hall–Kier alpha value is -3.07. The van der Waals surface area contributed by atoms with Crippen LogP contribution in [0.2, 0.25) is 0 Å². The predicted octanol–water partition coefficient (Wildman–Crippen LogP) is 3.17. The molecule has 0 aliphatic rings. The third kappa shape index (κ3) is 5.71. The van der Waals surface area contributed by atoms with Crippen LogP contribution in [0, 0.1) is 5.82 Å². The summed E-state index contributed by atoms with van der Waals surface area (Å²) in [6.45, 7) is 0. The van der Waals surface area contributed by atoms with Gasteiger partial charge in [-0.2, -0.15) is 5.10 Å². The number of carboxylic acids is 1. The number of aromatic carboxylic acids is 1. The van der Waals surface area contributed by atoms with Crippen LogP contribution in [0.25, 0.3) is 0 Å². The number of carboxylic acid groups (broad SMARTS) is 1. The summed E-state index contributed by atoms with van der Waals surface area (Å²) < 4.78 is 23.0. The van der Waals surface area contributed by atoms with Crippen molar-refractivity contribution in [2.24, 2.45) is 5.10 Å². The monoisotopic (exact) mass is 406 g/mol. The number of thioether (sulfide) groups is 1. The van der Waals surface area contributed by atoms with Crippen LogP contribution < -0.4 is 14.9 Å². The zero-order valence-corrected chi connectivity index (χ0v) is 16.1. The second-order valence-corrected chi connectivity index (χ2v) is 6.58. The van der Waals surface area contributed by atoms with E-state index in [2.05, 4.69) is 10.5 Å². The molecular weight excluding hydrogens is 387 g/mol. The van der Waals surface area contributed by atoms with Crippen LogP contribution in [0.5, 0.6) is 11.5 Å². The molecule has 148 valence electrons. The summed E-state index contributed by atoms with van der Waals surface area (Å²) in [4.78, 5) is 24.3. The van der Waals surface area contributed by atoms with Gasteiger partial charge in [-0.1, -0.05) is 0 Å². The van der Waals surface area contributed by atoms with E-state index in [4.69, 9.17) is 9.47 Å². The number of hydrogen-bond donors (Lipinski definition) is 2. The van der Waals surface area contributed by atoms with Gasteiger partial charge in [0.1, 0.15) is 11.4 Å². The fourth-order valence-corrected chi connectivity index (χ4v) is 3.14. The fraction of sp³-hybridized carbons (Fsp3) is 0.211. The van der Waals surface area contributed by atoms with Crippen LogP contribution >= 0.6 is 11.8 Å². The molecule has 0 saturated heterocycles. The maximum atomic E-state index is 12.8. The molecule has 2 aromatic carbocycles. The molecule has 28 heavy (non-hydrogen) atoms. The van der Waals surface area contributed by atoms with Gasteiger partial charge in [0.2, 0.25) is 5.91 Å². The highest BCUT2D eigenvalue weighted by atomic mass is 32.2. The molecule has 0 spiro atoms. The number of nitrogens with one attached hydrogen (secondary N) is 1. The summed E-state index contributed by atoms with van der Waals surface area (Å²) in [5.74, 6) is -1.02. The molecule has 0 bridgehead atoms. The minimum atomic E-state index is -1.21. The first kappa shape index (κ1) is 21.2. The Balaban J connectivity index is 1.95. The molecule has 2 N–H and O–H groups in total. The molecule has 0 aromatic heterocycles. The average molecular weight is 406 g/mol. The van der Waals surface area contributed by atoms with Crippen LogP contribution in [0.4, 0.5) is 4.39 Å². The number of amides is 1. The highest BCUT2D eigenvalue weighted by Gasteiger charge is 2.20. The molecule has 2 rings (SSSR count). The topological polar surface area (TPSA) is 97.2 Å². The number of benzene rings is 2. The highest BCUT2D eigenvalue weighted by molar-refractivity contribution is 7.99. The van der Waals surface area contributed by atoms with Crippen LogP contribution in [0.3, 0.4) is 0 Å². The van der Waals surface area contributed by atoms with Gasteiger partial charge in [-0.05, 0) is 36.4 Å². The summed E-state index contributed by atoms with van der Waals surface area (Å²) >= 11 is 1.42. The van der Waals surface area contributed by atoms with E-state index in [0.717, 1.165) is 4.90 Å². The lowest BCUT2D eigenvalue weighted by molar-refractivity contribution is -0.120. The van der Waals surface area contributed by atoms with E-state index in [1.165, 1.54) is 50.4 Å². The van der Waals surface area contributed by atoms with Crippen LogP contribution in [-0.2, 0) is 4.79 Å². The van der Waals surface area contributed by atoms with E-state index in [-0.39, 0.29) is 40.8 Å². The van der Waals surface area contributed by atoms with Crippen molar-refractivity contribution in [3.05, 3.63) is 53.3 Å². The van der Waals surface area contributed by atoms with E-state index in [1.807, 2.05) is 0 Å². The molecule has 0 heterocycles. The van der Waals surface area contributed by atoms with Crippen molar-refractivity contribution in [3.8, 4) is 11.5 Å². The summed E-state index contributed by atoms with van der Waals surface area (Å²) in [6.07, 6.45) is 1.42. The van der Waals surface area contributed by atoms with Crippen molar-refractivity contribution in [2.75, 3.05) is 20.0 Å². The lowest BCUT2D eigenvalue weighted by Gasteiger charge is -2.12. The largest absolute Gasteiger partial charge is 0.493 e. The Morgan fingerprint density at radius 2 is 1.89 bits per heavy atom. The minimum Gasteiger partial charge on any atom is -0.493 e. The third-order valence-corrected chi connectivity index (χ3v) is 4.61. The van der Waals surface area contributed by atoms with Gasteiger partial charge in [0, 0.05) is 22.6 Å². The number of methoxy groups -OCH3 is 2. The quantitative estimate of drug-likeness (QED) is 0.377. The smallest absolute Gasteiger partial charge is 0.340 e. The fourth-order valence-electron chi connectivity index (χ4n) is 2.29. The van der Waals surface area contributed by atoms with Crippen molar-refractivity contribution in [3.63, 3.8) is 0 Å². The van der Waals surface area contributed by atoms with E-state index in [9.17, 15) is 19.1 Å². The van der Waals surface area contributed by atoms with Crippen LogP contribution in [-0.4, -0.2) is 43.2 Å². The van der Waals surface area contributed by atoms with Gasteiger partial charge in [-0.15, -0.1) is 11.8 Å². The van der Waals surface area contributed by atoms with E-state index in [0.29, 0.717) is 5.75 Å². The van der Waals surface area contributed by atoms with Gasteiger partial charge in [0.15, 0.2) is 11.5 Å². The van der Waals surface area contributed by atoms with E-state index >= 15 is 0 Å². The summed E-state index contributed by atoms with van der Waals surface area (Å²) in [5, 5.41) is 13.2. The van der Waals surface area contributed by atoms with Crippen LogP contribution in [0.15, 0.2) is 46.4 Å². The number of carbonyl (C=O) groups excluding carboxylic acids is 1. The summed E-state index contributed by atoms with van der Waals surface area (Å²) in [7, 11) is 2.74. The number of rotatable bonds is 9. The third-order valence-electron chi connectivity index (χ3n) is 3.60. The first-order valence-electron chi connectivity index (χ1n) is 8.14. The molecule has 0 saturated carbocycles. The SMILES string of the molecule is COc1ccc(/C=N\NC(=O)CCSc2ccc(F)cc2)c(C(=O)O)c1OC. The van der Waals surface area contributed by atoms with Gasteiger partial charge in [-0.3, -0.25) is 4.79 Å². The molecule has 0 unspecified atom stereocenters. The van der Waals surface area contributed by atoms with Gasteiger partial charge >= 0.3 is 5.97 Å². The van der Waals surface area contributed by atoms with E-state index in [1.54, 1.807) is 18.2 Å². The summed E-state index contributed by atoms with van der Waals surface area (Å²) in [5.41, 5.74) is 2.49. The molecule has 7 nitrogen and oxygen atoms in total. The Morgan fingerprint density at radius 1 is 1.18 bits per heavy atom. The molecular formula is C19H19FN2O5S. The van der Waals surface area contributed by atoms with Gasteiger partial charge < -0.3 is 14.6 Å². The lowest BCUT2D eigenvalue weighted by Crippen LogP contribution is -2.18. The van der Waals surface area contributed by atoms with Crippen molar-refractivity contribution in [2.45, 2.75) is 11.3 Å². The predicted molar refractivity (Wildman–Crippen MR) is 104 cm³/mol. The molecule has 0 radical (unpaired) electrons. The molecule has 9 heteroatoms. The molecule has 0 aliphatic heterocycles. The number of hydrogen-bond acceptors (Lipinski definition) is 6. The number of ether oxygens (including phenoxy) is 2. The molecule has 2 aromatic rings. The number of hydrazone groups is 1. The Morgan fingerprint density at radius 3 is 2.50 bits per heavy atom. The minimum absolute atomic E-state index is 0.0703. The van der Waals surface area contributed by atoms with Gasteiger partial charge in [0.05, 0.1) is 20.4 Å². The number of halogens is 1. The van der Waals surface area contributed by atoms with E-state index < -0.39 is 5.97 Å². The lowest BCUT2D eigenvalue weighted by atomic mass is 10.1. The first-order chi connectivity index (χ1) is 13.5. The molecule has 0 fully saturated rings. The van der Waals surface area contributed by atoms with Gasteiger partial charge in [-0.25, -0.2) is 14.6 Å². The number of nitrogens with zero attached hydrogens (tertiary/aromatic N) is 1. The maximum absolute atomic E-state index is 12.8. The van der Waals surface area contributed by atoms with Crippen molar-refractivity contribution < 1.29 is 28.6 Å². The number of carbonyl (C=O) groups is 2. The second kappa shape index (κ2) is 10.3. The standard InChI is InChI=1S/C19H19FN2O5S/c1-26-15-8-3-12(17(19(24)25)18(15)27-2)11-21-22-16(23)9-10-28-14-6-4-13(20)5-7-14/h3-8,11H,9-10H2,1-2H3,(H,22,23)(H,24,25)/b21-11-. The van der Waals surface area contributed by atoms with Crippen molar-refractivity contribution in [1.82, 2.24) is 5.43 Å². The average Bonchev–Trinajstić information content (AvgIpc) is 2.68. The van der Waals surface area contributed by atoms with Crippen molar-refractivity contribution >= 4 is 29.9 Å². The maximum Gasteiger partial charge on any atom is 0.340 e. The zero-order chi connectivity index (χ0) is 20.5. The molecule has 0 aliphatic carbocycles. The first-order valence-corrected chi connectivity index (χ1v) is 9.13. The highest BCUT2D eigenvalue weighted by Crippen LogP contribution is 2.32. The zero-order valence-electron chi connectivity index (χ0n) is 15.3. The second-order valence-electron chi connectivity index (χ2n) is 5.42. The van der Waals surface area contributed by atoms with Crippen molar-refractivity contribution in [1.29, 1.82) is 0 Å². The Kier molecular flexibility index (Phi) is 7.82. The Bertz CT molecular complexity index is 871. The molecule has 0 atom stereocenters. The Labute approximate surface area is 165 Å². The van der Waals surface area contributed by atoms with Gasteiger partial charge in [0.25, 0.3) is 0 Å². The molecule has 1 amide bonds. The normalized spacial score (nSPS) is 10.7. The van der Waals surface area contributed by atoms with Crippen LogP contribution in [0.1, 0.15) is 22.3 Å².